The van der Waals surface area contributed by atoms with Crippen LogP contribution in [-0.2, 0) is 0 Å². The van der Waals surface area contributed by atoms with Gasteiger partial charge in [0.2, 0.25) is 0 Å². The first-order chi connectivity index (χ1) is 6.10. The molecular formula is C12H23Cl. The van der Waals surface area contributed by atoms with Crippen LogP contribution < -0.4 is 0 Å². The molecule has 0 amide bonds. The molecule has 0 radical (unpaired) electrons. The van der Waals surface area contributed by atoms with Crippen LogP contribution in [0.25, 0.3) is 0 Å². The minimum absolute atomic E-state index is 0.171. The molecule has 1 rings (SSSR count). The van der Waals surface area contributed by atoms with Crippen molar-refractivity contribution in [2.75, 3.05) is 0 Å². The van der Waals surface area contributed by atoms with Crippen LogP contribution in [0.4, 0.5) is 0 Å². The summed E-state index contributed by atoms with van der Waals surface area (Å²) in [6.07, 6.45) is 9.07. The molecule has 1 heteroatoms. The van der Waals surface area contributed by atoms with Gasteiger partial charge >= 0.3 is 0 Å². The van der Waals surface area contributed by atoms with Gasteiger partial charge in [0, 0.05) is 4.87 Å². The van der Waals surface area contributed by atoms with Crippen molar-refractivity contribution < 1.29 is 0 Å². The summed E-state index contributed by atoms with van der Waals surface area (Å²) in [5.74, 6) is 0. The molecule has 0 atom stereocenters. The number of alkyl halides is 1. The predicted octanol–water partition coefficient (Wildman–Crippen LogP) is 4.75. The summed E-state index contributed by atoms with van der Waals surface area (Å²) in [5.41, 5.74) is 0.626. The second kappa shape index (κ2) is 4.21. The SMILES string of the molecule is CCCC1(CCC)CC(Cl)(CC)C1. The van der Waals surface area contributed by atoms with Gasteiger partial charge in [-0.05, 0) is 37.5 Å². The molecule has 0 unspecified atom stereocenters. The van der Waals surface area contributed by atoms with Gasteiger partial charge in [0.25, 0.3) is 0 Å². The third-order valence-corrected chi connectivity index (χ3v) is 4.11. The van der Waals surface area contributed by atoms with Gasteiger partial charge in [-0.1, -0.05) is 33.6 Å². The van der Waals surface area contributed by atoms with E-state index in [9.17, 15) is 0 Å². The normalized spacial score (nSPS) is 24.0. The molecular weight excluding hydrogens is 180 g/mol. The summed E-state index contributed by atoms with van der Waals surface area (Å²) in [6, 6.07) is 0. The lowest BCUT2D eigenvalue weighted by molar-refractivity contribution is 0.0508. The molecule has 0 aromatic heterocycles. The van der Waals surface area contributed by atoms with Crippen LogP contribution in [-0.4, -0.2) is 4.87 Å². The van der Waals surface area contributed by atoms with E-state index < -0.39 is 0 Å². The minimum Gasteiger partial charge on any atom is -0.119 e. The van der Waals surface area contributed by atoms with Gasteiger partial charge in [0.15, 0.2) is 0 Å². The predicted molar refractivity (Wildman–Crippen MR) is 60.4 cm³/mol. The minimum atomic E-state index is 0.171. The zero-order chi connectivity index (χ0) is 9.95. The molecule has 1 aliphatic carbocycles. The Bertz CT molecular complexity index is 149. The fourth-order valence-corrected chi connectivity index (χ4v) is 3.65. The van der Waals surface area contributed by atoms with E-state index in [-0.39, 0.29) is 4.87 Å². The van der Waals surface area contributed by atoms with Crippen LogP contribution in [0.3, 0.4) is 0 Å². The van der Waals surface area contributed by atoms with Gasteiger partial charge in [0.1, 0.15) is 0 Å². The van der Waals surface area contributed by atoms with E-state index >= 15 is 0 Å². The molecule has 1 saturated carbocycles. The van der Waals surface area contributed by atoms with Gasteiger partial charge in [-0.25, -0.2) is 0 Å². The fourth-order valence-electron chi connectivity index (χ4n) is 3.08. The average Bonchev–Trinajstić information content (AvgIpc) is 2.03. The topological polar surface area (TPSA) is 0 Å². The monoisotopic (exact) mass is 202 g/mol. The summed E-state index contributed by atoms with van der Waals surface area (Å²) in [6.45, 7) is 6.80. The molecule has 0 aromatic rings. The Morgan fingerprint density at radius 2 is 1.46 bits per heavy atom. The maximum Gasteiger partial charge on any atom is 0.0454 e. The van der Waals surface area contributed by atoms with Gasteiger partial charge in [-0.2, -0.15) is 0 Å². The smallest absolute Gasteiger partial charge is 0.0454 e. The van der Waals surface area contributed by atoms with Crippen LogP contribution in [0, 0.1) is 5.41 Å². The van der Waals surface area contributed by atoms with Crippen LogP contribution in [0.2, 0.25) is 0 Å². The van der Waals surface area contributed by atoms with Crippen molar-refractivity contribution in [3.05, 3.63) is 0 Å². The average molecular weight is 203 g/mol. The second-order valence-corrected chi connectivity index (χ2v) is 5.66. The van der Waals surface area contributed by atoms with Crippen molar-refractivity contribution in [3.63, 3.8) is 0 Å². The fraction of sp³-hybridized carbons (Fsp3) is 1.00. The number of halogens is 1. The molecule has 0 aliphatic heterocycles. The van der Waals surface area contributed by atoms with Gasteiger partial charge in [-0.15, -0.1) is 11.6 Å². The van der Waals surface area contributed by atoms with E-state index in [1.807, 2.05) is 0 Å². The van der Waals surface area contributed by atoms with E-state index in [1.165, 1.54) is 38.5 Å². The first-order valence-corrected chi connectivity index (χ1v) is 6.16. The summed E-state index contributed by atoms with van der Waals surface area (Å²) in [5, 5.41) is 0. The quantitative estimate of drug-likeness (QED) is 0.565. The molecule has 78 valence electrons. The zero-order valence-corrected chi connectivity index (χ0v) is 10.1. The summed E-state index contributed by atoms with van der Waals surface area (Å²) < 4.78 is 0. The molecule has 0 nitrogen and oxygen atoms in total. The molecule has 0 N–H and O–H groups in total. The van der Waals surface area contributed by atoms with E-state index in [4.69, 9.17) is 11.6 Å². The molecule has 0 spiro atoms. The number of rotatable bonds is 5. The highest BCUT2D eigenvalue weighted by atomic mass is 35.5. The summed E-state index contributed by atoms with van der Waals surface area (Å²) >= 11 is 6.45. The first-order valence-electron chi connectivity index (χ1n) is 5.79. The van der Waals surface area contributed by atoms with Crippen molar-refractivity contribution in [1.82, 2.24) is 0 Å². The lowest BCUT2D eigenvalue weighted by Crippen LogP contribution is -2.47. The highest BCUT2D eigenvalue weighted by Crippen LogP contribution is 2.58. The van der Waals surface area contributed by atoms with Gasteiger partial charge < -0.3 is 0 Å². The molecule has 0 aromatic carbocycles. The zero-order valence-electron chi connectivity index (χ0n) is 9.33. The Labute approximate surface area is 88.1 Å². The van der Waals surface area contributed by atoms with E-state index in [1.54, 1.807) is 0 Å². The number of hydrogen-bond acceptors (Lipinski definition) is 0. The summed E-state index contributed by atoms with van der Waals surface area (Å²) in [4.78, 5) is 0.171. The highest BCUT2D eigenvalue weighted by Gasteiger charge is 2.50. The molecule has 1 aliphatic rings. The van der Waals surface area contributed by atoms with Crippen molar-refractivity contribution >= 4 is 11.6 Å². The molecule has 13 heavy (non-hydrogen) atoms. The standard InChI is InChI=1S/C12H23Cl/c1-4-7-11(8-5-2)9-12(13,6-3)10-11/h4-10H2,1-3H3. The molecule has 1 fully saturated rings. The Morgan fingerprint density at radius 3 is 1.77 bits per heavy atom. The maximum absolute atomic E-state index is 6.45. The van der Waals surface area contributed by atoms with E-state index in [0.29, 0.717) is 5.41 Å². The van der Waals surface area contributed by atoms with Crippen molar-refractivity contribution in [2.45, 2.75) is 70.6 Å². The van der Waals surface area contributed by atoms with Crippen molar-refractivity contribution in [2.24, 2.45) is 5.41 Å². The van der Waals surface area contributed by atoms with Gasteiger partial charge in [0.05, 0.1) is 0 Å². The van der Waals surface area contributed by atoms with Crippen LogP contribution >= 0.6 is 11.6 Å². The molecule has 0 saturated heterocycles. The highest BCUT2D eigenvalue weighted by molar-refractivity contribution is 6.24. The van der Waals surface area contributed by atoms with Crippen molar-refractivity contribution in [3.8, 4) is 0 Å². The lowest BCUT2D eigenvalue weighted by Gasteiger charge is -2.53. The van der Waals surface area contributed by atoms with E-state index in [0.717, 1.165) is 6.42 Å². The summed E-state index contributed by atoms with van der Waals surface area (Å²) in [7, 11) is 0. The Hall–Kier alpha value is 0.290. The molecule has 0 heterocycles. The second-order valence-electron chi connectivity index (χ2n) is 4.86. The largest absolute Gasteiger partial charge is 0.119 e. The van der Waals surface area contributed by atoms with Crippen LogP contribution in [0.15, 0.2) is 0 Å². The third-order valence-electron chi connectivity index (χ3n) is 3.58. The Kier molecular flexibility index (Phi) is 3.68. The molecule has 0 bridgehead atoms. The van der Waals surface area contributed by atoms with E-state index in [2.05, 4.69) is 20.8 Å². The Morgan fingerprint density at radius 1 is 1.00 bits per heavy atom. The number of hydrogen-bond donors (Lipinski definition) is 0. The third kappa shape index (κ3) is 2.40. The van der Waals surface area contributed by atoms with Crippen LogP contribution in [0.5, 0.6) is 0 Å². The van der Waals surface area contributed by atoms with Crippen molar-refractivity contribution in [1.29, 1.82) is 0 Å². The lowest BCUT2D eigenvalue weighted by atomic mass is 9.57. The first kappa shape index (κ1) is 11.4. The Balaban J connectivity index is 2.46. The van der Waals surface area contributed by atoms with Gasteiger partial charge in [-0.3, -0.25) is 0 Å². The van der Waals surface area contributed by atoms with Crippen LogP contribution in [0.1, 0.15) is 65.7 Å². The maximum atomic E-state index is 6.45.